The highest BCUT2D eigenvalue weighted by atomic mass is 16.5. The zero-order chi connectivity index (χ0) is 73.5. The summed E-state index contributed by atoms with van der Waals surface area (Å²) in [6.45, 7) is 38.7. The summed E-state index contributed by atoms with van der Waals surface area (Å²) in [5, 5.41) is 20.0. The van der Waals surface area contributed by atoms with E-state index in [0.717, 1.165) is 106 Å². The van der Waals surface area contributed by atoms with Crippen molar-refractivity contribution in [2.75, 3.05) is 51.1 Å². The van der Waals surface area contributed by atoms with Crippen LogP contribution in [0.3, 0.4) is 0 Å². The van der Waals surface area contributed by atoms with Crippen molar-refractivity contribution in [2.24, 2.45) is 35.5 Å². The maximum absolute atomic E-state index is 10.1. The van der Waals surface area contributed by atoms with Gasteiger partial charge in [0, 0.05) is 61.3 Å². The summed E-state index contributed by atoms with van der Waals surface area (Å²) in [6.07, 6.45) is 19.7. The van der Waals surface area contributed by atoms with Crippen LogP contribution in [-0.2, 0) is 10.8 Å². The predicted molar refractivity (Wildman–Crippen MR) is 433 cm³/mol. The zero-order valence-corrected chi connectivity index (χ0v) is 64.3. The van der Waals surface area contributed by atoms with E-state index in [4.69, 9.17) is 28.4 Å². The Kier molecular flexibility index (Phi) is 25.8. The molecule has 0 spiro atoms. The Labute approximate surface area is 616 Å². The van der Waals surface area contributed by atoms with Gasteiger partial charge < -0.3 is 38.4 Å². The van der Waals surface area contributed by atoms with Gasteiger partial charge in [0.25, 0.3) is 0 Å². The van der Waals surface area contributed by atoms with Crippen LogP contribution >= 0.6 is 0 Å². The van der Waals surface area contributed by atoms with Gasteiger partial charge in [-0.2, -0.15) is 5.26 Å². The molecule has 0 radical (unpaired) electrons. The first kappa shape index (κ1) is 76.4. The van der Waals surface area contributed by atoms with E-state index in [1.54, 1.807) is 6.08 Å². The number of rotatable bonds is 35. The molecule has 0 amide bonds. The van der Waals surface area contributed by atoms with Gasteiger partial charge in [0.1, 0.15) is 34.5 Å². The number of fused-ring (bicyclic) bond motifs is 6. The molecule has 8 aromatic carbocycles. The highest BCUT2D eigenvalue weighted by Crippen LogP contribution is 2.53. The third-order valence-corrected chi connectivity index (χ3v) is 19.9. The summed E-state index contributed by atoms with van der Waals surface area (Å²) in [6, 6.07) is 55.3. The summed E-state index contributed by atoms with van der Waals surface area (Å²) in [5.74, 6) is 6.84. The first-order chi connectivity index (χ1) is 49.4. The van der Waals surface area contributed by atoms with Crippen molar-refractivity contribution in [1.82, 2.24) is 0 Å². The predicted octanol–water partition coefficient (Wildman–Crippen LogP) is 24.7. The molecule has 2 aliphatic carbocycles. The number of aliphatic hydroxyl groups is 1. The van der Waals surface area contributed by atoms with Crippen LogP contribution < -0.4 is 33.3 Å². The highest BCUT2D eigenvalue weighted by molar-refractivity contribution is 5.89. The van der Waals surface area contributed by atoms with Gasteiger partial charge in [-0.15, -0.1) is 0 Å². The van der Waals surface area contributed by atoms with Gasteiger partial charge in [-0.25, -0.2) is 0 Å². The molecule has 0 atom stereocenters. The summed E-state index contributed by atoms with van der Waals surface area (Å²) >= 11 is 0. The Morgan fingerprint density at radius 3 is 0.951 bits per heavy atom. The molecule has 0 saturated carbocycles. The molecule has 0 saturated heterocycles. The fraction of sp³-hybridized carbons (Fsp3) is 0.394. The van der Waals surface area contributed by atoms with Gasteiger partial charge in [-0.3, -0.25) is 0 Å². The minimum atomic E-state index is -0.387. The smallest absolute Gasteiger partial charge is 0.127 e. The van der Waals surface area contributed by atoms with Crippen LogP contribution in [0, 0.1) is 46.8 Å². The molecule has 9 nitrogen and oxygen atoms in total. The molecule has 2 aliphatic rings. The van der Waals surface area contributed by atoms with Gasteiger partial charge >= 0.3 is 0 Å². The molecule has 8 aromatic rings. The van der Waals surface area contributed by atoms with Crippen molar-refractivity contribution in [3.63, 3.8) is 0 Å². The normalized spacial score (nSPS) is 13.6. The van der Waals surface area contributed by atoms with Crippen molar-refractivity contribution < 1.29 is 33.5 Å². The van der Waals surface area contributed by atoms with Crippen LogP contribution in [0.15, 0.2) is 151 Å². The lowest BCUT2D eigenvalue weighted by molar-refractivity contribution is 0.281. The van der Waals surface area contributed by atoms with Crippen molar-refractivity contribution in [2.45, 2.75) is 160 Å². The maximum atomic E-state index is 10.1. The van der Waals surface area contributed by atoms with Crippen LogP contribution in [-0.4, -0.2) is 51.4 Å². The summed E-state index contributed by atoms with van der Waals surface area (Å²) in [7, 11) is 0. The van der Waals surface area contributed by atoms with Gasteiger partial charge in [-0.1, -0.05) is 220 Å². The second-order valence-electron chi connectivity index (χ2n) is 31.6. The van der Waals surface area contributed by atoms with Gasteiger partial charge in [0.2, 0.25) is 0 Å². The maximum Gasteiger partial charge on any atom is 0.127 e. The van der Waals surface area contributed by atoms with Crippen molar-refractivity contribution in [1.29, 1.82) is 5.26 Å². The minimum Gasteiger partial charge on any atom is -0.493 e. The molecular formula is C94H112N2O7. The van der Waals surface area contributed by atoms with Crippen LogP contribution in [0.5, 0.6) is 34.5 Å². The Morgan fingerprint density at radius 1 is 0.359 bits per heavy atom. The van der Waals surface area contributed by atoms with Gasteiger partial charge in [-0.05, 0) is 203 Å². The molecule has 0 aromatic heterocycles. The Balaban J connectivity index is 1.03. The number of nitrogens with zero attached hydrogens (tertiary/aromatic N) is 2. The lowest BCUT2D eigenvalue weighted by Crippen LogP contribution is -2.18. The molecule has 0 aliphatic heterocycles. The molecule has 10 rings (SSSR count). The molecule has 0 heterocycles. The number of nitriles is 1. The molecule has 540 valence electrons. The fourth-order valence-corrected chi connectivity index (χ4v) is 13.4. The number of aliphatic hydroxyl groups excluding tert-OH is 1. The average molecular weight is 1380 g/mol. The van der Waals surface area contributed by atoms with Crippen molar-refractivity contribution in [3.05, 3.63) is 212 Å². The van der Waals surface area contributed by atoms with Gasteiger partial charge in [0.15, 0.2) is 0 Å². The number of hydrogen-bond acceptors (Lipinski definition) is 9. The number of anilines is 3. The lowest BCUT2D eigenvalue weighted by atomic mass is 9.82. The van der Waals surface area contributed by atoms with E-state index in [1.807, 2.05) is 12.1 Å². The molecule has 103 heavy (non-hydrogen) atoms. The molecule has 0 unspecified atom stereocenters. The standard InChI is InChI=1S/C94H112N2O7/c1-62(2)39-45-98-87-53-71(29-30-72-54-90(101-48-42-65(7)8)73(55-89(72)100-47-41-64(5)6)31-32-74-56-92(103-50-44-67(11)12)75(51-69(60-95)61-97)57-91(74)102-49-43-66(9)10)88(99-46-40-63(3)4)52-70(87)28-25-68-26-33-76(34-27-68)96(77-35-37-81-79-21-17-19-23-83(79)93(13,14)85(81)58-77)78-36-38-82-80-22-18-20-24-84(80)94(15,16)86(82)59-78/h17-38,51-59,62-67,97H,39-50,61H2,1-16H3/b28-25+,30-29+,32-31+,69-51+. The van der Waals surface area contributed by atoms with E-state index >= 15 is 0 Å². The largest absolute Gasteiger partial charge is 0.493 e. The summed E-state index contributed by atoms with van der Waals surface area (Å²) in [4.78, 5) is 2.43. The summed E-state index contributed by atoms with van der Waals surface area (Å²) in [5.41, 5.74) is 19.9. The molecular weight excluding hydrogens is 1270 g/mol. The minimum absolute atomic E-state index is 0.162. The third kappa shape index (κ3) is 19.2. The van der Waals surface area contributed by atoms with Crippen molar-refractivity contribution in [3.8, 4) is 62.8 Å². The van der Waals surface area contributed by atoms with E-state index in [1.165, 1.54) is 44.5 Å². The quantitative estimate of drug-likeness (QED) is 0.0307. The monoisotopic (exact) mass is 1380 g/mol. The second-order valence-corrected chi connectivity index (χ2v) is 31.6. The van der Waals surface area contributed by atoms with Crippen molar-refractivity contribution >= 4 is 59.6 Å². The highest BCUT2D eigenvalue weighted by Gasteiger charge is 2.38. The van der Waals surface area contributed by atoms with Crippen LogP contribution in [0.4, 0.5) is 17.1 Å². The van der Waals surface area contributed by atoms with Crippen LogP contribution in [0.25, 0.3) is 64.8 Å². The Hall–Kier alpha value is -9.23. The van der Waals surface area contributed by atoms with Crippen LogP contribution in [0.1, 0.15) is 211 Å². The van der Waals surface area contributed by atoms with E-state index in [0.29, 0.717) is 98.0 Å². The first-order valence-electron chi connectivity index (χ1n) is 37.9. The number of hydrogen-bond donors (Lipinski definition) is 1. The second kappa shape index (κ2) is 34.8. The number of ether oxygens (including phenoxy) is 6. The van der Waals surface area contributed by atoms with E-state index in [-0.39, 0.29) is 23.0 Å². The zero-order valence-electron chi connectivity index (χ0n) is 64.3. The van der Waals surface area contributed by atoms with E-state index in [9.17, 15) is 10.4 Å². The van der Waals surface area contributed by atoms with E-state index in [2.05, 4.69) is 292 Å². The fourth-order valence-electron chi connectivity index (χ4n) is 13.4. The molecule has 1 N–H and O–H groups in total. The lowest BCUT2D eigenvalue weighted by Gasteiger charge is -2.29. The topological polar surface area (TPSA) is 103 Å². The number of benzene rings is 8. The first-order valence-corrected chi connectivity index (χ1v) is 37.9. The van der Waals surface area contributed by atoms with Gasteiger partial charge in [0.05, 0.1) is 57.9 Å². The van der Waals surface area contributed by atoms with E-state index < -0.39 is 0 Å². The van der Waals surface area contributed by atoms with Crippen LogP contribution in [0.2, 0.25) is 0 Å². The third-order valence-electron chi connectivity index (χ3n) is 19.9. The summed E-state index contributed by atoms with van der Waals surface area (Å²) < 4.78 is 40.4. The molecule has 0 fully saturated rings. The average Bonchev–Trinajstić information content (AvgIpc) is 1.59. The Morgan fingerprint density at radius 2 is 0.641 bits per heavy atom. The molecule has 0 bridgehead atoms. The SMILES string of the molecule is CC(C)CCOc1cc(/C=C/c2cc(OCCC(C)C)c(/C=C/c3cc(OCCC(C)C)c(/C=C(\C#N)CO)cc3OCCC(C)C)cc2OCCC(C)C)c(OCCC(C)C)cc1/C=C/c1ccc(N(c2ccc3c(c2)C(C)(C)c2ccccc2-3)c2ccc3c(c2)C(C)(C)c2ccccc2-3)cc1. The molecule has 9 heteroatoms. The Bertz CT molecular complexity index is 4270.